The monoisotopic (exact) mass is 285 g/mol. The van der Waals surface area contributed by atoms with E-state index in [0.29, 0.717) is 19.3 Å². The lowest BCUT2D eigenvalue weighted by atomic mass is 9.90. The first-order chi connectivity index (χ1) is 7.60. The normalized spacial score (nSPS) is 20.9. The lowest BCUT2D eigenvalue weighted by Crippen LogP contribution is -2.40. The van der Waals surface area contributed by atoms with Gasteiger partial charge in [-0.2, -0.15) is 0 Å². The fourth-order valence-electron chi connectivity index (χ4n) is 2.30. The average molecular weight is 286 g/mol. The number of halogens is 1. The van der Waals surface area contributed by atoms with E-state index in [4.69, 9.17) is 0 Å². The molecule has 0 radical (unpaired) electrons. The summed E-state index contributed by atoms with van der Waals surface area (Å²) in [6, 6.07) is 1.93. The number of hydrogen-bond donors (Lipinski definition) is 2. The van der Waals surface area contributed by atoms with Gasteiger partial charge in [0.2, 0.25) is 0 Å². The van der Waals surface area contributed by atoms with Crippen molar-refractivity contribution in [3.63, 3.8) is 0 Å². The van der Waals surface area contributed by atoms with Crippen LogP contribution in [-0.2, 0) is 6.42 Å². The van der Waals surface area contributed by atoms with Crippen LogP contribution in [0.5, 0.6) is 0 Å². The molecule has 0 aromatic carbocycles. The highest BCUT2D eigenvalue weighted by Gasteiger charge is 2.38. The second kappa shape index (κ2) is 4.82. The fourth-order valence-corrected chi connectivity index (χ4v) is 2.71. The van der Waals surface area contributed by atoms with Gasteiger partial charge in [0.25, 0.3) is 0 Å². The van der Waals surface area contributed by atoms with Crippen molar-refractivity contribution < 1.29 is 10.2 Å². The Morgan fingerprint density at radius 1 is 1.38 bits per heavy atom. The summed E-state index contributed by atoms with van der Waals surface area (Å²) in [5.74, 6) is 0. The van der Waals surface area contributed by atoms with Crippen molar-refractivity contribution in [2.24, 2.45) is 0 Å². The molecule has 88 valence electrons. The van der Waals surface area contributed by atoms with Crippen molar-refractivity contribution >= 4 is 15.9 Å². The maximum absolute atomic E-state index is 10.2. The van der Waals surface area contributed by atoms with E-state index in [1.165, 1.54) is 0 Å². The van der Waals surface area contributed by atoms with Gasteiger partial charge in [0.15, 0.2) is 0 Å². The lowest BCUT2D eigenvalue weighted by molar-refractivity contribution is -0.0689. The Kier molecular flexibility index (Phi) is 3.62. The van der Waals surface area contributed by atoms with Gasteiger partial charge in [-0.3, -0.25) is 4.98 Å². The topological polar surface area (TPSA) is 53.4 Å². The molecule has 1 fully saturated rings. The molecule has 2 rings (SSSR count). The first-order valence-electron chi connectivity index (χ1n) is 5.60. The minimum atomic E-state index is -0.887. The van der Waals surface area contributed by atoms with Crippen LogP contribution in [0.3, 0.4) is 0 Å². The molecule has 1 atom stereocenters. The third kappa shape index (κ3) is 2.62. The molecular weight excluding hydrogens is 270 g/mol. The molecule has 1 aliphatic carbocycles. The highest BCUT2D eigenvalue weighted by Crippen LogP contribution is 2.33. The van der Waals surface area contributed by atoms with Gasteiger partial charge in [-0.1, -0.05) is 12.8 Å². The van der Waals surface area contributed by atoms with E-state index in [9.17, 15) is 10.2 Å². The van der Waals surface area contributed by atoms with Crippen LogP contribution in [0.4, 0.5) is 0 Å². The van der Waals surface area contributed by atoms with Crippen molar-refractivity contribution in [3.05, 3.63) is 28.5 Å². The predicted octanol–water partition coefficient (Wildman–Crippen LogP) is 2.05. The van der Waals surface area contributed by atoms with Gasteiger partial charge >= 0.3 is 0 Å². The van der Waals surface area contributed by atoms with Crippen molar-refractivity contribution in [3.8, 4) is 0 Å². The molecular formula is C12H16BrNO2. The molecule has 4 heteroatoms. The molecule has 1 heterocycles. The zero-order valence-electron chi connectivity index (χ0n) is 9.06. The molecule has 3 nitrogen and oxygen atoms in total. The first kappa shape index (κ1) is 12.0. The quantitative estimate of drug-likeness (QED) is 0.894. The molecule has 0 spiro atoms. The van der Waals surface area contributed by atoms with E-state index in [-0.39, 0.29) is 0 Å². The van der Waals surface area contributed by atoms with E-state index in [2.05, 4.69) is 20.9 Å². The molecule has 0 amide bonds. The third-order valence-electron chi connectivity index (χ3n) is 3.28. The minimum absolute atomic E-state index is 0.461. The Morgan fingerprint density at radius 2 is 2.06 bits per heavy atom. The van der Waals surface area contributed by atoms with Gasteiger partial charge in [-0.15, -0.1) is 0 Å². The largest absolute Gasteiger partial charge is 0.390 e. The number of aliphatic hydroxyl groups is 2. The number of nitrogens with zero attached hydrogens (tertiary/aromatic N) is 1. The van der Waals surface area contributed by atoms with Crippen molar-refractivity contribution in [1.29, 1.82) is 0 Å². The molecule has 1 unspecified atom stereocenters. The predicted molar refractivity (Wildman–Crippen MR) is 65.1 cm³/mol. The van der Waals surface area contributed by atoms with Crippen LogP contribution in [0.25, 0.3) is 0 Å². The number of aromatic nitrogens is 1. The molecule has 16 heavy (non-hydrogen) atoms. The Bertz CT molecular complexity index is 364. The van der Waals surface area contributed by atoms with Crippen LogP contribution in [0.15, 0.2) is 22.9 Å². The number of hydrogen-bond acceptors (Lipinski definition) is 3. The van der Waals surface area contributed by atoms with Crippen molar-refractivity contribution in [1.82, 2.24) is 4.98 Å². The molecule has 0 bridgehead atoms. The van der Waals surface area contributed by atoms with Crippen LogP contribution < -0.4 is 0 Å². The second-order valence-corrected chi connectivity index (χ2v) is 5.46. The summed E-state index contributed by atoms with van der Waals surface area (Å²) in [5, 5.41) is 20.3. The van der Waals surface area contributed by atoms with Crippen molar-refractivity contribution in [2.75, 3.05) is 0 Å². The van der Waals surface area contributed by atoms with E-state index >= 15 is 0 Å². The van der Waals surface area contributed by atoms with Crippen LogP contribution in [-0.4, -0.2) is 26.9 Å². The SMILES string of the molecule is OC(Cc1cncc(Br)c1)C1(O)CCCC1. The third-order valence-corrected chi connectivity index (χ3v) is 3.71. The van der Waals surface area contributed by atoms with Crippen LogP contribution in [0.1, 0.15) is 31.2 Å². The summed E-state index contributed by atoms with van der Waals surface area (Å²) in [5.41, 5.74) is 0.0599. The van der Waals surface area contributed by atoms with E-state index in [0.717, 1.165) is 22.9 Å². The zero-order valence-corrected chi connectivity index (χ0v) is 10.7. The van der Waals surface area contributed by atoms with Gasteiger partial charge in [0.05, 0.1) is 11.7 Å². The van der Waals surface area contributed by atoms with Gasteiger partial charge < -0.3 is 10.2 Å². The van der Waals surface area contributed by atoms with Crippen LogP contribution in [0.2, 0.25) is 0 Å². The number of aliphatic hydroxyl groups excluding tert-OH is 1. The number of pyridine rings is 1. The Morgan fingerprint density at radius 3 is 2.69 bits per heavy atom. The van der Waals surface area contributed by atoms with Crippen LogP contribution in [0, 0.1) is 0 Å². The average Bonchev–Trinajstić information content (AvgIpc) is 2.66. The second-order valence-electron chi connectivity index (χ2n) is 4.54. The van der Waals surface area contributed by atoms with Crippen molar-refractivity contribution in [2.45, 2.75) is 43.8 Å². The van der Waals surface area contributed by atoms with Gasteiger partial charge in [0.1, 0.15) is 0 Å². The number of rotatable bonds is 3. The molecule has 1 saturated carbocycles. The summed E-state index contributed by atoms with van der Waals surface area (Å²) >= 11 is 3.34. The molecule has 1 aromatic heterocycles. The smallest absolute Gasteiger partial charge is 0.0908 e. The van der Waals surface area contributed by atoms with Crippen LogP contribution >= 0.6 is 15.9 Å². The lowest BCUT2D eigenvalue weighted by Gasteiger charge is -2.28. The van der Waals surface area contributed by atoms with Gasteiger partial charge in [0, 0.05) is 23.3 Å². The van der Waals surface area contributed by atoms with Gasteiger partial charge in [-0.25, -0.2) is 0 Å². The summed E-state index contributed by atoms with van der Waals surface area (Å²) in [6.07, 6.45) is 6.63. The summed E-state index contributed by atoms with van der Waals surface area (Å²) in [6.45, 7) is 0. The first-order valence-corrected chi connectivity index (χ1v) is 6.39. The molecule has 1 aliphatic rings. The van der Waals surface area contributed by atoms with E-state index in [1.807, 2.05) is 6.07 Å². The maximum Gasteiger partial charge on any atom is 0.0908 e. The molecule has 0 aliphatic heterocycles. The summed E-state index contributed by atoms with van der Waals surface area (Å²) in [4.78, 5) is 4.05. The summed E-state index contributed by atoms with van der Waals surface area (Å²) < 4.78 is 0.899. The molecule has 2 N–H and O–H groups in total. The maximum atomic E-state index is 10.2. The minimum Gasteiger partial charge on any atom is -0.390 e. The van der Waals surface area contributed by atoms with E-state index < -0.39 is 11.7 Å². The highest BCUT2D eigenvalue weighted by atomic mass is 79.9. The molecule has 1 aromatic rings. The fraction of sp³-hybridized carbons (Fsp3) is 0.583. The standard InChI is InChI=1S/C12H16BrNO2/c13-10-5-9(7-14-8-10)6-11(15)12(16)3-1-2-4-12/h5,7-8,11,15-16H,1-4,6H2. The highest BCUT2D eigenvalue weighted by molar-refractivity contribution is 9.10. The Labute approximate surface area is 104 Å². The van der Waals surface area contributed by atoms with E-state index in [1.54, 1.807) is 12.4 Å². The Balaban J connectivity index is 2.04. The Hall–Kier alpha value is -0.450. The van der Waals surface area contributed by atoms with Gasteiger partial charge in [-0.05, 0) is 40.4 Å². The zero-order chi connectivity index (χ0) is 11.6. The molecule has 0 saturated heterocycles. The summed E-state index contributed by atoms with van der Waals surface area (Å²) in [7, 11) is 0.